The fourth-order valence-corrected chi connectivity index (χ4v) is 4.71. The minimum Gasteiger partial charge on any atom is -0.294 e. The van der Waals surface area contributed by atoms with Crippen LogP contribution < -0.4 is 0 Å². The van der Waals surface area contributed by atoms with Crippen molar-refractivity contribution < 1.29 is 0 Å². The van der Waals surface area contributed by atoms with E-state index in [9.17, 15) is 0 Å². The van der Waals surface area contributed by atoms with E-state index in [1.165, 1.54) is 44.6 Å². The fourth-order valence-electron chi connectivity index (χ4n) is 4.71. The monoisotopic (exact) mass is 384 g/mol. The summed E-state index contributed by atoms with van der Waals surface area (Å²) in [5.41, 5.74) is 12.2. The predicted octanol–water partition coefficient (Wildman–Crippen LogP) is 6.05. The SMILES string of the molecule is CCc1cccc(CC)c1-c1cc(C)c(CN2CCc3ccccc3C2)c(C)n1. The van der Waals surface area contributed by atoms with Crippen molar-refractivity contribution in [2.45, 2.75) is 60.0 Å². The zero-order valence-electron chi connectivity index (χ0n) is 18.3. The van der Waals surface area contributed by atoms with Crippen LogP contribution in [0.3, 0.4) is 0 Å². The van der Waals surface area contributed by atoms with Gasteiger partial charge in [-0.15, -0.1) is 0 Å². The summed E-state index contributed by atoms with van der Waals surface area (Å²) in [6.45, 7) is 12.1. The van der Waals surface area contributed by atoms with Crippen molar-refractivity contribution in [1.82, 2.24) is 9.88 Å². The first kappa shape index (κ1) is 19.8. The van der Waals surface area contributed by atoms with E-state index in [0.717, 1.165) is 44.6 Å². The topological polar surface area (TPSA) is 16.1 Å². The molecule has 0 bridgehead atoms. The number of benzene rings is 2. The molecule has 1 aliphatic rings. The molecule has 3 aromatic rings. The van der Waals surface area contributed by atoms with Crippen molar-refractivity contribution in [2.75, 3.05) is 6.54 Å². The fraction of sp³-hybridized carbons (Fsp3) is 0.370. The third kappa shape index (κ3) is 4.00. The van der Waals surface area contributed by atoms with Crippen molar-refractivity contribution in [1.29, 1.82) is 0 Å². The third-order valence-corrected chi connectivity index (χ3v) is 6.40. The summed E-state index contributed by atoms with van der Waals surface area (Å²) in [6.07, 6.45) is 3.22. The molecule has 4 rings (SSSR count). The summed E-state index contributed by atoms with van der Waals surface area (Å²) in [7, 11) is 0. The van der Waals surface area contributed by atoms with Gasteiger partial charge in [0.1, 0.15) is 0 Å². The largest absolute Gasteiger partial charge is 0.294 e. The van der Waals surface area contributed by atoms with Gasteiger partial charge in [-0.3, -0.25) is 9.88 Å². The molecule has 2 aromatic carbocycles. The highest BCUT2D eigenvalue weighted by atomic mass is 15.1. The molecule has 0 saturated heterocycles. The number of aryl methyl sites for hydroxylation is 4. The first-order valence-electron chi connectivity index (χ1n) is 11.0. The summed E-state index contributed by atoms with van der Waals surface area (Å²) in [5, 5.41) is 0. The lowest BCUT2D eigenvalue weighted by Crippen LogP contribution is -2.30. The van der Waals surface area contributed by atoms with E-state index in [1.54, 1.807) is 0 Å². The van der Waals surface area contributed by atoms with E-state index in [2.05, 4.69) is 81.1 Å². The van der Waals surface area contributed by atoms with Crippen molar-refractivity contribution in [3.63, 3.8) is 0 Å². The molecule has 29 heavy (non-hydrogen) atoms. The van der Waals surface area contributed by atoms with E-state index in [4.69, 9.17) is 4.98 Å². The second-order valence-corrected chi connectivity index (χ2v) is 8.28. The Bertz CT molecular complexity index is 974. The van der Waals surface area contributed by atoms with E-state index in [-0.39, 0.29) is 0 Å². The van der Waals surface area contributed by atoms with Crippen LogP contribution in [0, 0.1) is 13.8 Å². The molecule has 0 radical (unpaired) electrons. The number of hydrogen-bond acceptors (Lipinski definition) is 2. The molecule has 0 spiro atoms. The lowest BCUT2D eigenvalue weighted by Gasteiger charge is -2.29. The second kappa shape index (κ2) is 8.51. The molecule has 0 saturated carbocycles. The molecule has 0 amide bonds. The van der Waals surface area contributed by atoms with E-state index in [0.29, 0.717) is 0 Å². The third-order valence-electron chi connectivity index (χ3n) is 6.40. The Hall–Kier alpha value is -2.45. The van der Waals surface area contributed by atoms with Gasteiger partial charge in [-0.2, -0.15) is 0 Å². The van der Waals surface area contributed by atoms with Gasteiger partial charge in [-0.25, -0.2) is 0 Å². The van der Waals surface area contributed by atoms with E-state index in [1.807, 2.05) is 0 Å². The van der Waals surface area contributed by atoms with Crippen molar-refractivity contribution in [2.24, 2.45) is 0 Å². The molecule has 0 atom stereocenters. The molecule has 1 aromatic heterocycles. The summed E-state index contributed by atoms with van der Waals surface area (Å²) >= 11 is 0. The van der Waals surface area contributed by atoms with Crippen LogP contribution in [-0.4, -0.2) is 16.4 Å². The first-order chi connectivity index (χ1) is 14.1. The van der Waals surface area contributed by atoms with Crippen LogP contribution in [0.5, 0.6) is 0 Å². The second-order valence-electron chi connectivity index (χ2n) is 8.28. The lowest BCUT2D eigenvalue weighted by atomic mass is 9.93. The van der Waals surface area contributed by atoms with Crippen LogP contribution in [0.1, 0.15) is 52.9 Å². The molecule has 1 aliphatic heterocycles. The highest BCUT2D eigenvalue weighted by Crippen LogP contribution is 2.30. The average Bonchev–Trinajstić information content (AvgIpc) is 2.75. The summed E-state index contributed by atoms with van der Waals surface area (Å²) in [4.78, 5) is 7.67. The summed E-state index contributed by atoms with van der Waals surface area (Å²) < 4.78 is 0. The van der Waals surface area contributed by atoms with E-state index < -0.39 is 0 Å². The van der Waals surface area contributed by atoms with Crippen LogP contribution in [-0.2, 0) is 32.4 Å². The van der Waals surface area contributed by atoms with Crippen LogP contribution in [0.15, 0.2) is 48.5 Å². The molecular formula is C27H32N2. The number of fused-ring (bicyclic) bond motifs is 1. The zero-order valence-corrected chi connectivity index (χ0v) is 18.3. The molecule has 150 valence electrons. The quantitative estimate of drug-likeness (QED) is 0.532. The molecule has 0 fully saturated rings. The van der Waals surface area contributed by atoms with Gasteiger partial charge in [-0.05, 0) is 72.6 Å². The van der Waals surface area contributed by atoms with Crippen LogP contribution in [0.25, 0.3) is 11.3 Å². The zero-order chi connectivity index (χ0) is 20.4. The Morgan fingerprint density at radius 2 is 1.59 bits per heavy atom. The molecule has 0 unspecified atom stereocenters. The molecule has 2 nitrogen and oxygen atoms in total. The Labute approximate surface area is 175 Å². The highest BCUT2D eigenvalue weighted by Gasteiger charge is 2.19. The van der Waals surface area contributed by atoms with Crippen molar-refractivity contribution >= 4 is 0 Å². The maximum absolute atomic E-state index is 5.10. The van der Waals surface area contributed by atoms with Crippen LogP contribution in [0.4, 0.5) is 0 Å². The van der Waals surface area contributed by atoms with Gasteiger partial charge in [0.15, 0.2) is 0 Å². The lowest BCUT2D eigenvalue weighted by molar-refractivity contribution is 0.244. The predicted molar refractivity (Wildman–Crippen MR) is 122 cm³/mol. The Morgan fingerprint density at radius 3 is 2.24 bits per heavy atom. The molecule has 2 heterocycles. The van der Waals surface area contributed by atoms with Crippen LogP contribution in [0.2, 0.25) is 0 Å². The molecular weight excluding hydrogens is 352 g/mol. The molecule has 2 heteroatoms. The minimum absolute atomic E-state index is 0.981. The van der Waals surface area contributed by atoms with Crippen molar-refractivity contribution in [3.05, 3.63) is 87.6 Å². The highest BCUT2D eigenvalue weighted by molar-refractivity contribution is 5.69. The molecule has 0 aliphatic carbocycles. The van der Waals surface area contributed by atoms with Gasteiger partial charge in [-0.1, -0.05) is 56.3 Å². The minimum atomic E-state index is 0.981. The van der Waals surface area contributed by atoms with Gasteiger partial charge in [0.25, 0.3) is 0 Å². The number of aromatic nitrogens is 1. The van der Waals surface area contributed by atoms with Gasteiger partial charge < -0.3 is 0 Å². The number of hydrogen-bond donors (Lipinski definition) is 0. The summed E-state index contributed by atoms with van der Waals surface area (Å²) in [5.74, 6) is 0. The van der Waals surface area contributed by atoms with Crippen molar-refractivity contribution in [3.8, 4) is 11.3 Å². The Morgan fingerprint density at radius 1 is 0.897 bits per heavy atom. The smallest absolute Gasteiger partial charge is 0.0713 e. The Kier molecular flexibility index (Phi) is 5.82. The molecule has 0 N–H and O–H groups in total. The maximum atomic E-state index is 5.10. The van der Waals surface area contributed by atoms with Crippen LogP contribution >= 0.6 is 0 Å². The maximum Gasteiger partial charge on any atom is 0.0713 e. The first-order valence-corrected chi connectivity index (χ1v) is 11.0. The van der Waals surface area contributed by atoms with E-state index >= 15 is 0 Å². The number of nitrogens with zero attached hydrogens (tertiary/aromatic N) is 2. The number of pyridine rings is 1. The standard InChI is InChI=1S/C27H32N2/c1-5-21-12-9-13-22(6-2)27(21)26-16-19(3)25(20(4)28-26)18-29-15-14-23-10-7-8-11-24(23)17-29/h7-13,16H,5-6,14-15,17-18H2,1-4H3. The van der Waals surface area contributed by atoms with Gasteiger partial charge in [0.2, 0.25) is 0 Å². The number of rotatable bonds is 5. The van der Waals surface area contributed by atoms with Gasteiger partial charge in [0.05, 0.1) is 5.69 Å². The summed E-state index contributed by atoms with van der Waals surface area (Å²) in [6, 6.07) is 17.9. The average molecular weight is 385 g/mol. The normalized spacial score (nSPS) is 14.1. The van der Waals surface area contributed by atoms with Gasteiger partial charge in [0, 0.05) is 30.9 Å². The Balaban J connectivity index is 1.64. The van der Waals surface area contributed by atoms with Gasteiger partial charge >= 0.3 is 0 Å².